The summed E-state index contributed by atoms with van der Waals surface area (Å²) in [5.41, 5.74) is 5.45. The van der Waals surface area contributed by atoms with Crippen LogP contribution in [0.25, 0.3) is 0 Å². The van der Waals surface area contributed by atoms with Crippen LogP contribution >= 0.6 is 0 Å². The van der Waals surface area contributed by atoms with Crippen molar-refractivity contribution in [3.63, 3.8) is 0 Å². The molecule has 0 aliphatic carbocycles. The lowest BCUT2D eigenvalue weighted by molar-refractivity contribution is -0.383. The number of likely N-dealkylation sites (tertiary alicyclic amines) is 1. The molecule has 1 aromatic rings. The highest BCUT2D eigenvalue weighted by atomic mass is 16.6. The Morgan fingerprint density at radius 1 is 1.33 bits per heavy atom. The maximum Gasteiger partial charge on any atom is 0.292 e. The van der Waals surface area contributed by atoms with E-state index in [4.69, 9.17) is 5.73 Å². The highest BCUT2D eigenvalue weighted by Crippen LogP contribution is 2.22. The van der Waals surface area contributed by atoms with Gasteiger partial charge in [-0.3, -0.25) is 19.7 Å². The van der Waals surface area contributed by atoms with E-state index in [1.54, 1.807) is 0 Å². The van der Waals surface area contributed by atoms with Crippen molar-refractivity contribution in [2.45, 2.75) is 32.1 Å². The minimum absolute atomic E-state index is 0.0243. The van der Waals surface area contributed by atoms with E-state index in [9.17, 15) is 19.7 Å². The first-order valence-electron chi connectivity index (χ1n) is 8.09. The van der Waals surface area contributed by atoms with Crippen LogP contribution < -0.4 is 11.1 Å². The van der Waals surface area contributed by atoms with E-state index in [-0.39, 0.29) is 28.8 Å². The number of benzene rings is 1. The van der Waals surface area contributed by atoms with Gasteiger partial charge in [-0.05, 0) is 31.4 Å². The van der Waals surface area contributed by atoms with Crippen LogP contribution in [0, 0.1) is 10.1 Å². The Morgan fingerprint density at radius 3 is 2.88 bits per heavy atom. The number of nitro benzene ring substituents is 1. The van der Waals surface area contributed by atoms with Gasteiger partial charge in [0, 0.05) is 37.7 Å². The Labute approximate surface area is 140 Å². The SMILES string of the molecule is Nc1ccc(C(=O)NCCCN2CCCCCC2=O)cc1[N+](=O)[O-]. The van der Waals surface area contributed by atoms with Gasteiger partial charge in [0.15, 0.2) is 0 Å². The van der Waals surface area contributed by atoms with E-state index in [2.05, 4.69) is 5.32 Å². The summed E-state index contributed by atoms with van der Waals surface area (Å²) >= 11 is 0. The van der Waals surface area contributed by atoms with E-state index >= 15 is 0 Å². The summed E-state index contributed by atoms with van der Waals surface area (Å²) < 4.78 is 0. The van der Waals surface area contributed by atoms with Crippen LogP contribution in [0.4, 0.5) is 11.4 Å². The maximum absolute atomic E-state index is 12.0. The molecule has 1 heterocycles. The number of nitrogens with two attached hydrogens (primary N) is 1. The van der Waals surface area contributed by atoms with Gasteiger partial charge in [0.05, 0.1) is 4.92 Å². The Kier molecular flexibility index (Phi) is 6.11. The smallest absolute Gasteiger partial charge is 0.292 e. The topological polar surface area (TPSA) is 119 Å². The molecule has 1 fully saturated rings. The van der Waals surface area contributed by atoms with Crippen LogP contribution in [-0.2, 0) is 4.79 Å². The zero-order valence-electron chi connectivity index (χ0n) is 13.5. The van der Waals surface area contributed by atoms with Crippen molar-refractivity contribution in [2.75, 3.05) is 25.4 Å². The third-order valence-electron chi connectivity index (χ3n) is 4.05. The van der Waals surface area contributed by atoms with E-state index in [1.165, 1.54) is 18.2 Å². The zero-order valence-corrected chi connectivity index (χ0v) is 13.5. The highest BCUT2D eigenvalue weighted by Gasteiger charge is 2.17. The molecule has 0 unspecified atom stereocenters. The lowest BCUT2D eigenvalue weighted by atomic mass is 10.1. The Balaban J connectivity index is 1.82. The molecule has 8 nitrogen and oxygen atoms in total. The summed E-state index contributed by atoms with van der Waals surface area (Å²) in [4.78, 5) is 36.0. The molecular formula is C16H22N4O4. The maximum atomic E-state index is 12.0. The number of amides is 2. The molecule has 1 aromatic carbocycles. The molecule has 2 rings (SSSR count). The van der Waals surface area contributed by atoms with Crippen LogP contribution in [0.15, 0.2) is 18.2 Å². The van der Waals surface area contributed by atoms with Gasteiger partial charge < -0.3 is 16.0 Å². The van der Waals surface area contributed by atoms with Crippen LogP contribution in [0.3, 0.4) is 0 Å². The predicted octanol–water partition coefficient (Wildman–Crippen LogP) is 1.70. The van der Waals surface area contributed by atoms with E-state index in [0.717, 1.165) is 25.8 Å². The van der Waals surface area contributed by atoms with E-state index in [0.29, 0.717) is 25.9 Å². The second kappa shape index (κ2) is 8.28. The number of anilines is 1. The normalized spacial score (nSPS) is 15.0. The molecule has 1 saturated heterocycles. The zero-order chi connectivity index (χ0) is 17.5. The third-order valence-corrected chi connectivity index (χ3v) is 4.05. The standard InChI is InChI=1S/C16H22N4O4/c17-13-7-6-12(11-14(13)20(23)24)16(22)18-8-4-10-19-9-3-1-2-5-15(19)21/h6-7,11H,1-5,8-10,17H2,(H,18,22). The van der Waals surface area contributed by atoms with E-state index < -0.39 is 4.92 Å². The van der Waals surface area contributed by atoms with Crippen molar-refractivity contribution in [3.8, 4) is 0 Å². The summed E-state index contributed by atoms with van der Waals surface area (Å²) in [5.74, 6) is -0.215. The van der Waals surface area contributed by atoms with Crippen LogP contribution in [0.2, 0.25) is 0 Å². The largest absolute Gasteiger partial charge is 0.393 e. The molecule has 8 heteroatoms. The predicted molar refractivity (Wildman–Crippen MR) is 89.5 cm³/mol. The van der Waals surface area contributed by atoms with Gasteiger partial charge in [-0.25, -0.2) is 0 Å². The summed E-state index contributed by atoms with van der Waals surface area (Å²) in [5, 5.41) is 13.6. The van der Waals surface area contributed by atoms with Crippen molar-refractivity contribution in [1.29, 1.82) is 0 Å². The first-order valence-corrected chi connectivity index (χ1v) is 8.09. The second-order valence-electron chi connectivity index (χ2n) is 5.83. The fourth-order valence-corrected chi connectivity index (χ4v) is 2.69. The molecule has 0 spiro atoms. The molecule has 0 bridgehead atoms. The van der Waals surface area contributed by atoms with Gasteiger partial charge in [0.2, 0.25) is 5.91 Å². The van der Waals surface area contributed by atoms with Crippen molar-refractivity contribution in [1.82, 2.24) is 10.2 Å². The molecule has 2 amide bonds. The number of hydrogen-bond donors (Lipinski definition) is 2. The molecule has 3 N–H and O–H groups in total. The second-order valence-corrected chi connectivity index (χ2v) is 5.83. The molecule has 1 aliphatic heterocycles. The van der Waals surface area contributed by atoms with Crippen molar-refractivity contribution in [2.24, 2.45) is 0 Å². The Bertz CT molecular complexity index is 633. The summed E-state index contributed by atoms with van der Waals surface area (Å²) in [6, 6.07) is 3.97. The van der Waals surface area contributed by atoms with Gasteiger partial charge >= 0.3 is 0 Å². The van der Waals surface area contributed by atoms with Gasteiger partial charge in [-0.1, -0.05) is 6.42 Å². The minimum atomic E-state index is -0.614. The first-order chi connectivity index (χ1) is 11.5. The van der Waals surface area contributed by atoms with Crippen molar-refractivity contribution >= 4 is 23.2 Å². The summed E-state index contributed by atoms with van der Waals surface area (Å²) in [6.07, 6.45) is 4.29. The molecule has 0 radical (unpaired) electrons. The molecule has 130 valence electrons. The number of hydrogen-bond acceptors (Lipinski definition) is 5. The highest BCUT2D eigenvalue weighted by molar-refractivity contribution is 5.95. The first kappa shape index (κ1) is 17.7. The van der Waals surface area contributed by atoms with Gasteiger partial charge in [0.1, 0.15) is 5.69 Å². The number of nitrogens with zero attached hydrogens (tertiary/aromatic N) is 2. The van der Waals surface area contributed by atoms with Crippen molar-refractivity contribution < 1.29 is 14.5 Å². The van der Waals surface area contributed by atoms with Crippen LogP contribution in [-0.4, -0.2) is 41.3 Å². The van der Waals surface area contributed by atoms with Crippen LogP contribution in [0.5, 0.6) is 0 Å². The molecule has 1 aliphatic rings. The number of carbonyl (C=O) groups excluding carboxylic acids is 2. The summed E-state index contributed by atoms with van der Waals surface area (Å²) in [6.45, 7) is 1.79. The molecule has 24 heavy (non-hydrogen) atoms. The van der Waals surface area contributed by atoms with Crippen LogP contribution in [0.1, 0.15) is 42.5 Å². The van der Waals surface area contributed by atoms with Crippen molar-refractivity contribution in [3.05, 3.63) is 33.9 Å². The fraction of sp³-hybridized carbons (Fsp3) is 0.500. The molecule has 0 saturated carbocycles. The third kappa shape index (κ3) is 4.68. The lowest BCUT2D eigenvalue weighted by Gasteiger charge is -2.20. The monoisotopic (exact) mass is 334 g/mol. The number of carbonyl (C=O) groups is 2. The number of nitrogen functional groups attached to an aromatic ring is 1. The quantitative estimate of drug-likeness (QED) is 0.355. The average molecular weight is 334 g/mol. The minimum Gasteiger partial charge on any atom is -0.393 e. The lowest BCUT2D eigenvalue weighted by Crippen LogP contribution is -2.34. The molecular weight excluding hydrogens is 312 g/mol. The number of nitrogens with one attached hydrogen (secondary N) is 1. The number of nitro groups is 1. The fourth-order valence-electron chi connectivity index (χ4n) is 2.69. The van der Waals surface area contributed by atoms with E-state index in [1.807, 2.05) is 4.90 Å². The van der Waals surface area contributed by atoms with Gasteiger partial charge in [0.25, 0.3) is 11.6 Å². The number of rotatable bonds is 6. The average Bonchev–Trinajstić information content (AvgIpc) is 2.76. The molecule has 0 atom stereocenters. The molecule has 0 aromatic heterocycles. The Morgan fingerprint density at radius 2 is 2.12 bits per heavy atom. The summed E-state index contributed by atoms with van der Waals surface area (Å²) in [7, 11) is 0. The van der Waals surface area contributed by atoms with Gasteiger partial charge in [-0.15, -0.1) is 0 Å². The Hall–Kier alpha value is -2.64. The van der Waals surface area contributed by atoms with Gasteiger partial charge in [-0.2, -0.15) is 0 Å².